The molecule has 0 bridgehead atoms. The highest BCUT2D eigenvalue weighted by atomic mass is 19.4. The van der Waals surface area contributed by atoms with E-state index in [9.17, 15) is 18.0 Å². The van der Waals surface area contributed by atoms with E-state index in [4.69, 9.17) is 0 Å². The zero-order valence-corrected chi connectivity index (χ0v) is 14.7. The highest BCUT2D eigenvalue weighted by Gasteiger charge is 2.32. The van der Waals surface area contributed by atoms with E-state index in [1.807, 2.05) is 0 Å². The molecule has 2 N–H and O–H groups in total. The van der Waals surface area contributed by atoms with Crippen LogP contribution in [0.4, 0.5) is 24.9 Å². The van der Waals surface area contributed by atoms with E-state index < -0.39 is 17.6 Å². The van der Waals surface area contributed by atoms with Crippen LogP contribution in [-0.4, -0.2) is 31.5 Å². The Morgan fingerprint density at radius 2 is 2.00 bits per heavy atom. The summed E-state index contributed by atoms with van der Waals surface area (Å²) in [7, 11) is 0. The summed E-state index contributed by atoms with van der Waals surface area (Å²) < 4.78 is 41.1. The zero-order chi connectivity index (χ0) is 19.7. The summed E-state index contributed by atoms with van der Waals surface area (Å²) in [6, 6.07) is 5.18. The molecule has 7 nitrogen and oxygen atoms in total. The van der Waals surface area contributed by atoms with Gasteiger partial charge in [0.15, 0.2) is 5.65 Å². The Morgan fingerprint density at radius 1 is 1.21 bits per heavy atom. The number of pyridine rings is 2. The molecule has 1 saturated carbocycles. The smallest absolute Gasteiger partial charge is 0.367 e. The van der Waals surface area contributed by atoms with Crippen molar-refractivity contribution in [2.24, 2.45) is 0 Å². The number of carbonyl (C=O) groups is 1. The summed E-state index contributed by atoms with van der Waals surface area (Å²) in [6.07, 6.45) is 2.22. The van der Waals surface area contributed by atoms with Crippen LogP contribution in [0.15, 0.2) is 36.7 Å². The molecule has 3 aromatic heterocycles. The van der Waals surface area contributed by atoms with Crippen molar-refractivity contribution in [2.45, 2.75) is 37.9 Å². The molecule has 10 heteroatoms. The van der Waals surface area contributed by atoms with Crippen LogP contribution in [0, 0.1) is 0 Å². The van der Waals surface area contributed by atoms with E-state index in [0.29, 0.717) is 5.56 Å². The number of nitrogens with zero attached hydrogens (tertiary/aromatic N) is 4. The molecule has 4 rings (SSSR count). The Labute approximate surface area is 158 Å². The summed E-state index contributed by atoms with van der Waals surface area (Å²) >= 11 is 0. The number of fused-ring (bicyclic) bond motifs is 1. The average molecular weight is 390 g/mol. The lowest BCUT2D eigenvalue weighted by Gasteiger charge is -2.16. The number of amides is 1. The lowest BCUT2D eigenvalue weighted by atomic mass is 10.2. The third-order valence-corrected chi connectivity index (χ3v) is 4.62. The molecular weight excluding hydrogens is 373 g/mol. The van der Waals surface area contributed by atoms with Crippen molar-refractivity contribution in [3.63, 3.8) is 0 Å². The van der Waals surface area contributed by atoms with Crippen molar-refractivity contribution in [3.8, 4) is 0 Å². The molecule has 146 valence electrons. The maximum absolute atomic E-state index is 13.3. The van der Waals surface area contributed by atoms with Crippen molar-refractivity contribution >= 4 is 23.3 Å². The number of nitrogens with one attached hydrogen (secondary N) is 2. The number of alkyl halides is 3. The lowest BCUT2D eigenvalue weighted by molar-refractivity contribution is -0.137. The predicted octanol–water partition coefficient (Wildman–Crippen LogP) is 3.75. The van der Waals surface area contributed by atoms with Crippen LogP contribution >= 0.6 is 0 Å². The number of aromatic nitrogens is 4. The second-order valence-electron chi connectivity index (χ2n) is 6.65. The number of hydrogen-bond acceptors (Lipinski definition) is 5. The fourth-order valence-corrected chi connectivity index (χ4v) is 3.25. The van der Waals surface area contributed by atoms with Gasteiger partial charge >= 0.3 is 6.18 Å². The molecule has 1 amide bonds. The van der Waals surface area contributed by atoms with Crippen molar-refractivity contribution < 1.29 is 18.0 Å². The van der Waals surface area contributed by atoms with Crippen molar-refractivity contribution in [1.82, 2.24) is 19.6 Å². The molecule has 0 aromatic carbocycles. The molecule has 0 atom stereocenters. The SMILES string of the molecule is O=C(Nc1nc2cc(C(F)(F)F)cc(NC3CCCC3)n2n1)c1cccnc1. The summed E-state index contributed by atoms with van der Waals surface area (Å²) in [4.78, 5) is 20.2. The molecule has 1 aliphatic carbocycles. The van der Waals surface area contributed by atoms with Gasteiger partial charge in [-0.05, 0) is 37.1 Å². The molecule has 0 aliphatic heterocycles. The Bertz CT molecular complexity index is 996. The number of anilines is 2. The third-order valence-electron chi connectivity index (χ3n) is 4.62. The molecule has 0 unspecified atom stereocenters. The van der Waals surface area contributed by atoms with E-state index in [0.717, 1.165) is 37.8 Å². The maximum atomic E-state index is 13.3. The Hall–Kier alpha value is -3.17. The van der Waals surface area contributed by atoms with E-state index in [1.54, 1.807) is 12.1 Å². The maximum Gasteiger partial charge on any atom is 0.416 e. The highest BCUT2D eigenvalue weighted by molar-refractivity contribution is 6.03. The summed E-state index contributed by atoms with van der Waals surface area (Å²) in [5, 5.41) is 9.79. The monoisotopic (exact) mass is 390 g/mol. The molecule has 1 aliphatic rings. The standard InChI is InChI=1S/C18H17F3N6O/c19-18(20,21)12-8-14(23-13-5-1-2-6-13)27-15(9-12)24-17(26-27)25-16(28)11-4-3-7-22-10-11/h3-4,7-10,13,23H,1-2,5-6H2,(H,25,26,28). The van der Waals surface area contributed by atoms with Gasteiger partial charge in [-0.2, -0.15) is 22.7 Å². The number of carbonyl (C=O) groups excluding carboxylic acids is 1. The minimum Gasteiger partial charge on any atom is -0.367 e. The topological polar surface area (TPSA) is 84.2 Å². The van der Waals surface area contributed by atoms with E-state index in [-0.39, 0.29) is 23.5 Å². The van der Waals surface area contributed by atoms with Gasteiger partial charge in [-0.25, -0.2) is 0 Å². The van der Waals surface area contributed by atoms with Gasteiger partial charge in [0.25, 0.3) is 5.91 Å². The van der Waals surface area contributed by atoms with Gasteiger partial charge < -0.3 is 5.32 Å². The molecule has 3 heterocycles. The summed E-state index contributed by atoms with van der Waals surface area (Å²) in [5.74, 6) is -0.376. The Kier molecular flexibility index (Phi) is 4.62. The molecule has 0 radical (unpaired) electrons. The highest BCUT2D eigenvalue weighted by Crippen LogP contribution is 2.33. The molecular formula is C18H17F3N6O. The fourth-order valence-electron chi connectivity index (χ4n) is 3.25. The minimum atomic E-state index is -4.51. The third kappa shape index (κ3) is 3.75. The normalized spacial score (nSPS) is 15.1. The van der Waals surface area contributed by atoms with Gasteiger partial charge in [-0.15, -0.1) is 5.10 Å². The van der Waals surface area contributed by atoms with E-state index >= 15 is 0 Å². The second kappa shape index (κ2) is 7.10. The van der Waals surface area contributed by atoms with Crippen molar-refractivity contribution in [1.29, 1.82) is 0 Å². The van der Waals surface area contributed by atoms with E-state index in [2.05, 4.69) is 25.7 Å². The van der Waals surface area contributed by atoms with Crippen LogP contribution < -0.4 is 10.6 Å². The van der Waals surface area contributed by atoms with Crippen molar-refractivity contribution in [3.05, 3.63) is 47.8 Å². The molecule has 1 fully saturated rings. The first kappa shape index (κ1) is 18.2. The Morgan fingerprint density at radius 3 is 2.68 bits per heavy atom. The van der Waals surface area contributed by atoms with Crippen LogP contribution in [0.5, 0.6) is 0 Å². The molecule has 28 heavy (non-hydrogen) atoms. The van der Waals surface area contributed by atoms with Gasteiger partial charge in [-0.3, -0.25) is 15.1 Å². The first-order valence-electron chi connectivity index (χ1n) is 8.86. The first-order valence-corrected chi connectivity index (χ1v) is 8.86. The number of hydrogen-bond donors (Lipinski definition) is 2. The molecule has 0 spiro atoms. The van der Waals surface area contributed by atoms with Crippen LogP contribution in [0.1, 0.15) is 41.6 Å². The van der Waals surface area contributed by atoms with Gasteiger partial charge in [0, 0.05) is 18.4 Å². The lowest BCUT2D eigenvalue weighted by Crippen LogP contribution is -2.18. The number of rotatable bonds is 4. The van der Waals surface area contributed by atoms with Gasteiger partial charge in [0.1, 0.15) is 5.82 Å². The average Bonchev–Trinajstić information content (AvgIpc) is 3.31. The van der Waals surface area contributed by atoms with Gasteiger partial charge in [-0.1, -0.05) is 12.8 Å². The fraction of sp³-hybridized carbons (Fsp3) is 0.333. The van der Waals surface area contributed by atoms with Crippen LogP contribution in [-0.2, 0) is 6.18 Å². The zero-order valence-electron chi connectivity index (χ0n) is 14.7. The van der Waals surface area contributed by atoms with Crippen LogP contribution in [0.25, 0.3) is 5.65 Å². The van der Waals surface area contributed by atoms with Gasteiger partial charge in [0.05, 0.1) is 11.1 Å². The van der Waals surface area contributed by atoms with Crippen LogP contribution in [0.2, 0.25) is 0 Å². The second-order valence-corrected chi connectivity index (χ2v) is 6.65. The van der Waals surface area contributed by atoms with E-state index in [1.165, 1.54) is 16.9 Å². The number of halogens is 3. The molecule has 3 aromatic rings. The Balaban J connectivity index is 1.69. The largest absolute Gasteiger partial charge is 0.416 e. The van der Waals surface area contributed by atoms with Crippen LogP contribution in [0.3, 0.4) is 0 Å². The predicted molar refractivity (Wildman–Crippen MR) is 96.1 cm³/mol. The first-order chi connectivity index (χ1) is 13.4. The quantitative estimate of drug-likeness (QED) is 0.709. The minimum absolute atomic E-state index is 0.00295. The summed E-state index contributed by atoms with van der Waals surface area (Å²) in [5.41, 5.74) is -0.531. The van der Waals surface area contributed by atoms with Crippen molar-refractivity contribution in [2.75, 3.05) is 10.6 Å². The summed E-state index contributed by atoms with van der Waals surface area (Å²) in [6.45, 7) is 0. The van der Waals surface area contributed by atoms with Gasteiger partial charge in [0.2, 0.25) is 5.95 Å². The molecule has 0 saturated heterocycles.